The molecule has 1 aliphatic rings. The number of carbonyl (C=O) groups is 4. The highest BCUT2D eigenvalue weighted by Crippen LogP contribution is 2.20. The van der Waals surface area contributed by atoms with Crippen LogP contribution in [0.5, 0.6) is 0 Å². The minimum Gasteiger partial charge on any atom is -0.480 e. The number of carboxylic acids is 1. The molecule has 0 saturated carbocycles. The first-order chi connectivity index (χ1) is 16.5. The first-order valence-electron chi connectivity index (χ1n) is 12.5. The number of amides is 3. The van der Waals surface area contributed by atoms with Crippen LogP contribution in [-0.2, 0) is 25.6 Å². The predicted octanol–water partition coefficient (Wildman–Crippen LogP) is 1.69. The molecule has 2 rings (SSSR count). The van der Waals surface area contributed by atoms with E-state index in [0.717, 1.165) is 5.56 Å². The fourth-order valence-electron chi connectivity index (χ4n) is 4.38. The van der Waals surface area contributed by atoms with Gasteiger partial charge in [-0.3, -0.25) is 14.4 Å². The van der Waals surface area contributed by atoms with Crippen molar-refractivity contribution in [3.63, 3.8) is 0 Å². The number of nitrogens with zero attached hydrogens (tertiary/aromatic N) is 1. The van der Waals surface area contributed by atoms with Crippen molar-refractivity contribution in [2.24, 2.45) is 17.6 Å². The lowest BCUT2D eigenvalue weighted by Gasteiger charge is -2.29. The molecule has 5 unspecified atom stereocenters. The van der Waals surface area contributed by atoms with Crippen LogP contribution < -0.4 is 16.4 Å². The van der Waals surface area contributed by atoms with E-state index in [4.69, 9.17) is 5.73 Å². The molecule has 5 N–H and O–H groups in total. The third-order valence-electron chi connectivity index (χ3n) is 6.57. The van der Waals surface area contributed by atoms with Gasteiger partial charge in [-0.1, -0.05) is 64.4 Å². The van der Waals surface area contributed by atoms with E-state index in [0.29, 0.717) is 38.6 Å². The molecule has 3 amide bonds. The topological polar surface area (TPSA) is 142 Å². The smallest absolute Gasteiger partial charge is 0.326 e. The van der Waals surface area contributed by atoms with Crippen molar-refractivity contribution in [3.05, 3.63) is 35.9 Å². The molecule has 9 nitrogen and oxygen atoms in total. The van der Waals surface area contributed by atoms with E-state index in [-0.39, 0.29) is 17.7 Å². The molecule has 0 bridgehead atoms. The van der Waals surface area contributed by atoms with Gasteiger partial charge in [0.05, 0.1) is 6.04 Å². The Morgan fingerprint density at radius 1 is 1.11 bits per heavy atom. The zero-order valence-electron chi connectivity index (χ0n) is 21.2. The minimum absolute atomic E-state index is 0.0820. The Morgan fingerprint density at radius 3 is 2.34 bits per heavy atom. The van der Waals surface area contributed by atoms with Gasteiger partial charge < -0.3 is 26.4 Å². The molecule has 35 heavy (non-hydrogen) atoms. The lowest BCUT2D eigenvalue weighted by atomic mass is 9.97. The molecular formula is C26H40N4O5. The number of nitrogens with two attached hydrogens (primary N) is 1. The lowest BCUT2D eigenvalue weighted by Crippen LogP contribution is -2.57. The Bertz CT molecular complexity index is 876. The van der Waals surface area contributed by atoms with Crippen molar-refractivity contribution in [1.82, 2.24) is 15.5 Å². The Labute approximate surface area is 207 Å². The largest absolute Gasteiger partial charge is 0.480 e. The molecule has 1 aliphatic heterocycles. The molecular weight excluding hydrogens is 448 g/mol. The Balaban J connectivity index is 2.09. The highest BCUT2D eigenvalue weighted by atomic mass is 16.4. The van der Waals surface area contributed by atoms with E-state index < -0.39 is 42.0 Å². The van der Waals surface area contributed by atoms with Gasteiger partial charge in [0.1, 0.15) is 18.1 Å². The number of carbonyl (C=O) groups excluding carboxylic acids is 3. The average Bonchev–Trinajstić information content (AvgIpc) is 3.31. The second-order valence-electron chi connectivity index (χ2n) is 9.89. The summed E-state index contributed by atoms with van der Waals surface area (Å²) in [6.07, 6.45) is 2.45. The van der Waals surface area contributed by atoms with Gasteiger partial charge in [-0.05, 0) is 43.1 Å². The molecule has 0 spiro atoms. The summed E-state index contributed by atoms with van der Waals surface area (Å²) in [5, 5.41) is 14.9. The van der Waals surface area contributed by atoms with E-state index >= 15 is 0 Å². The van der Waals surface area contributed by atoms with Gasteiger partial charge in [0.2, 0.25) is 17.7 Å². The summed E-state index contributed by atoms with van der Waals surface area (Å²) in [7, 11) is 0. The van der Waals surface area contributed by atoms with Gasteiger partial charge in [-0.25, -0.2) is 4.79 Å². The molecule has 1 aromatic carbocycles. The molecule has 9 heteroatoms. The first-order valence-corrected chi connectivity index (χ1v) is 12.5. The van der Waals surface area contributed by atoms with Crippen LogP contribution in [0.3, 0.4) is 0 Å². The molecule has 194 valence electrons. The van der Waals surface area contributed by atoms with Gasteiger partial charge in [-0.15, -0.1) is 0 Å². The number of nitrogens with one attached hydrogen (secondary N) is 2. The van der Waals surface area contributed by atoms with E-state index in [1.54, 1.807) is 6.92 Å². The summed E-state index contributed by atoms with van der Waals surface area (Å²) in [5.41, 5.74) is 7.13. The number of hydrogen-bond donors (Lipinski definition) is 4. The van der Waals surface area contributed by atoms with Crippen LogP contribution in [0.2, 0.25) is 0 Å². The number of likely N-dealkylation sites (tertiary alicyclic amines) is 1. The lowest BCUT2D eigenvalue weighted by molar-refractivity contribution is -0.144. The van der Waals surface area contributed by atoms with Crippen molar-refractivity contribution in [2.75, 3.05) is 6.54 Å². The zero-order chi connectivity index (χ0) is 26.1. The van der Waals surface area contributed by atoms with Crippen LogP contribution in [-0.4, -0.2) is 64.4 Å². The van der Waals surface area contributed by atoms with E-state index in [1.165, 1.54) is 4.90 Å². The molecule has 1 saturated heterocycles. The third-order valence-corrected chi connectivity index (χ3v) is 6.57. The number of hydrogen-bond acceptors (Lipinski definition) is 5. The van der Waals surface area contributed by atoms with Crippen LogP contribution >= 0.6 is 0 Å². The van der Waals surface area contributed by atoms with Gasteiger partial charge in [-0.2, -0.15) is 0 Å². The van der Waals surface area contributed by atoms with Crippen molar-refractivity contribution in [2.45, 2.75) is 84.0 Å². The minimum atomic E-state index is -1.11. The van der Waals surface area contributed by atoms with Crippen LogP contribution in [0.4, 0.5) is 0 Å². The van der Waals surface area contributed by atoms with Crippen molar-refractivity contribution < 1.29 is 24.3 Å². The van der Waals surface area contributed by atoms with Crippen molar-refractivity contribution in [1.29, 1.82) is 0 Å². The van der Waals surface area contributed by atoms with E-state index in [2.05, 4.69) is 10.6 Å². The maximum atomic E-state index is 13.2. The normalized spacial score (nSPS) is 19.0. The SMILES string of the molecule is CCC(C)C(NC(=O)C(CC(C)C)NC(=O)C1CCCN1C(=O)C(N)Cc1ccccc1)C(=O)O. The number of aliphatic carboxylic acids is 1. The summed E-state index contributed by atoms with van der Waals surface area (Å²) < 4.78 is 0. The first kappa shape index (κ1) is 28.3. The van der Waals surface area contributed by atoms with E-state index in [9.17, 15) is 24.3 Å². The Kier molecular flexibility index (Phi) is 10.7. The second-order valence-corrected chi connectivity index (χ2v) is 9.89. The van der Waals surface area contributed by atoms with Crippen LogP contribution in [0.25, 0.3) is 0 Å². The van der Waals surface area contributed by atoms with Crippen molar-refractivity contribution >= 4 is 23.7 Å². The highest BCUT2D eigenvalue weighted by Gasteiger charge is 2.38. The summed E-state index contributed by atoms with van der Waals surface area (Å²) in [6.45, 7) is 7.88. The fraction of sp³-hybridized carbons (Fsp3) is 0.615. The number of benzene rings is 1. The highest BCUT2D eigenvalue weighted by molar-refractivity contribution is 5.94. The average molecular weight is 489 g/mol. The standard InChI is InChI=1S/C26H40N4O5/c1-5-17(4)22(26(34)35)29-23(31)20(14-16(2)3)28-24(32)21-12-9-13-30(21)25(33)19(27)15-18-10-7-6-8-11-18/h6-8,10-11,16-17,19-22H,5,9,12-15,27H2,1-4H3,(H,28,32)(H,29,31)(H,34,35). The van der Waals surface area contributed by atoms with Gasteiger partial charge in [0, 0.05) is 6.54 Å². The summed E-state index contributed by atoms with van der Waals surface area (Å²) in [6, 6.07) is 6.04. The fourth-order valence-corrected chi connectivity index (χ4v) is 4.38. The third kappa shape index (κ3) is 8.06. The maximum absolute atomic E-state index is 13.2. The molecule has 1 heterocycles. The predicted molar refractivity (Wildman–Crippen MR) is 133 cm³/mol. The van der Waals surface area contributed by atoms with Crippen molar-refractivity contribution in [3.8, 4) is 0 Å². The number of rotatable bonds is 12. The van der Waals surface area contributed by atoms with Crippen LogP contribution in [0, 0.1) is 11.8 Å². The summed E-state index contributed by atoms with van der Waals surface area (Å²) >= 11 is 0. The summed E-state index contributed by atoms with van der Waals surface area (Å²) in [4.78, 5) is 52.4. The molecule has 1 aromatic rings. The molecule has 5 atom stereocenters. The molecule has 0 radical (unpaired) electrons. The summed E-state index contributed by atoms with van der Waals surface area (Å²) in [5.74, 6) is -2.53. The molecule has 0 aliphatic carbocycles. The Hall–Kier alpha value is -2.94. The second kappa shape index (κ2) is 13.2. The van der Waals surface area contributed by atoms with Gasteiger partial charge in [0.25, 0.3) is 0 Å². The molecule has 0 aromatic heterocycles. The quantitative estimate of drug-likeness (QED) is 0.353. The van der Waals surface area contributed by atoms with Gasteiger partial charge in [0.15, 0.2) is 0 Å². The Morgan fingerprint density at radius 2 is 1.77 bits per heavy atom. The van der Waals surface area contributed by atoms with E-state index in [1.807, 2.05) is 51.1 Å². The zero-order valence-corrected chi connectivity index (χ0v) is 21.2. The molecule has 1 fully saturated rings. The van der Waals surface area contributed by atoms with Gasteiger partial charge >= 0.3 is 5.97 Å². The van der Waals surface area contributed by atoms with Crippen LogP contribution in [0.15, 0.2) is 30.3 Å². The van der Waals surface area contributed by atoms with Crippen LogP contribution in [0.1, 0.15) is 58.9 Å². The maximum Gasteiger partial charge on any atom is 0.326 e. The number of carboxylic acid groups (broad SMARTS) is 1. The monoisotopic (exact) mass is 488 g/mol.